The number of carbonyl (C=O) groups excluding carboxylic acids is 6. The lowest BCUT2D eigenvalue weighted by atomic mass is 9.52. The average molecular weight is 583 g/mol. The standard InChI is InChI=1S/C33H30N2O8/c1-14(36)16-8-9-19(18-7-5-4-6-17(16)18)20-10-11-23(37)25-21(20)12-15-13-22-27(35(2)3)29(39)26(32(34)42)31(41)33(22,43)30(40)24(15)28(25)38/h4-11,15,22,24,26-27,37,43H,12-13H2,1-3H3,(H2,34,42). The van der Waals surface area contributed by atoms with Gasteiger partial charge in [0.25, 0.3) is 0 Å². The fraction of sp³-hybridized carbons (Fsp3) is 0.333. The average Bonchev–Trinajstić information content (AvgIpc) is 2.94. The van der Waals surface area contributed by atoms with Gasteiger partial charge in [-0.05, 0) is 73.3 Å². The van der Waals surface area contributed by atoms with Crippen LogP contribution in [0, 0.1) is 23.7 Å². The number of nitrogens with two attached hydrogens (primary N) is 1. The molecule has 0 saturated heterocycles. The van der Waals surface area contributed by atoms with Crippen LogP contribution in [0.1, 0.15) is 39.6 Å². The van der Waals surface area contributed by atoms with Crippen molar-refractivity contribution in [3.63, 3.8) is 0 Å². The van der Waals surface area contributed by atoms with Crippen molar-refractivity contribution in [1.29, 1.82) is 0 Å². The van der Waals surface area contributed by atoms with Crippen LogP contribution in [0.15, 0.2) is 48.5 Å². The van der Waals surface area contributed by atoms with E-state index in [2.05, 4.69) is 0 Å². The zero-order valence-corrected chi connectivity index (χ0v) is 23.8. The fourth-order valence-electron chi connectivity index (χ4n) is 7.70. The number of phenols is 1. The molecule has 6 atom stereocenters. The molecule has 0 radical (unpaired) electrons. The van der Waals surface area contributed by atoms with Crippen molar-refractivity contribution < 1.29 is 39.0 Å². The molecular formula is C33H30N2O8. The Kier molecular flexibility index (Phi) is 6.48. The Labute approximate surface area is 246 Å². The Morgan fingerprint density at radius 2 is 1.58 bits per heavy atom. The van der Waals surface area contributed by atoms with Crippen LogP contribution in [-0.4, -0.2) is 75.7 Å². The zero-order valence-electron chi connectivity index (χ0n) is 23.8. The van der Waals surface area contributed by atoms with Crippen LogP contribution in [0.3, 0.4) is 0 Å². The first kappa shape index (κ1) is 28.6. The van der Waals surface area contributed by atoms with E-state index in [0.29, 0.717) is 16.7 Å². The van der Waals surface area contributed by atoms with Crippen molar-refractivity contribution in [2.75, 3.05) is 14.1 Å². The second kappa shape index (κ2) is 9.75. The van der Waals surface area contributed by atoms with Crippen molar-refractivity contribution in [3.8, 4) is 16.9 Å². The Hall–Kier alpha value is -4.54. The van der Waals surface area contributed by atoms with E-state index in [1.54, 1.807) is 32.3 Å². The second-order valence-corrected chi connectivity index (χ2v) is 12.0. The van der Waals surface area contributed by atoms with E-state index in [4.69, 9.17) is 5.73 Å². The van der Waals surface area contributed by atoms with Crippen molar-refractivity contribution >= 4 is 45.6 Å². The number of nitrogens with zero attached hydrogens (tertiary/aromatic N) is 1. The van der Waals surface area contributed by atoms with Crippen molar-refractivity contribution in [2.24, 2.45) is 29.4 Å². The van der Waals surface area contributed by atoms with Gasteiger partial charge in [-0.2, -0.15) is 0 Å². The Bertz CT molecular complexity index is 1810. The number of likely N-dealkylation sites (N-methyl/N-ethyl adjacent to an activating group) is 1. The highest BCUT2D eigenvalue weighted by Gasteiger charge is 2.69. The summed E-state index contributed by atoms with van der Waals surface area (Å²) in [6.07, 6.45) is 0.0986. The molecule has 220 valence electrons. The minimum absolute atomic E-state index is 0.0387. The first-order chi connectivity index (χ1) is 20.3. The number of Topliss-reactive ketones (excluding diaryl/α,β-unsaturated/α-hetero) is 5. The van der Waals surface area contributed by atoms with E-state index in [9.17, 15) is 39.0 Å². The molecule has 0 aliphatic heterocycles. The number of carbonyl (C=O) groups is 6. The van der Waals surface area contributed by atoms with Gasteiger partial charge in [0.05, 0.1) is 17.5 Å². The predicted molar refractivity (Wildman–Crippen MR) is 154 cm³/mol. The van der Waals surface area contributed by atoms with Gasteiger partial charge in [-0.25, -0.2) is 0 Å². The zero-order chi connectivity index (χ0) is 31.1. The maximum Gasteiger partial charge on any atom is 0.235 e. The Balaban J connectivity index is 1.53. The number of fused-ring (bicyclic) bond motifs is 4. The lowest BCUT2D eigenvalue weighted by Crippen LogP contribution is -2.74. The summed E-state index contributed by atoms with van der Waals surface area (Å²) in [6.45, 7) is 1.48. The molecule has 3 aromatic carbocycles. The molecule has 6 rings (SSSR count). The molecule has 2 fully saturated rings. The number of hydrogen-bond donors (Lipinski definition) is 3. The Morgan fingerprint density at radius 1 is 0.930 bits per heavy atom. The van der Waals surface area contributed by atoms with Crippen molar-refractivity contribution in [3.05, 3.63) is 65.2 Å². The highest BCUT2D eigenvalue weighted by atomic mass is 16.3. The lowest BCUT2D eigenvalue weighted by Gasteiger charge is -2.52. The van der Waals surface area contributed by atoms with Gasteiger partial charge in [-0.3, -0.25) is 33.7 Å². The molecule has 3 aliphatic carbocycles. The molecule has 3 aliphatic rings. The summed E-state index contributed by atoms with van der Waals surface area (Å²) in [5.74, 6) is -11.0. The van der Waals surface area contributed by atoms with E-state index in [-0.39, 0.29) is 29.9 Å². The van der Waals surface area contributed by atoms with E-state index < -0.39 is 64.4 Å². The summed E-state index contributed by atoms with van der Waals surface area (Å²) in [7, 11) is 3.08. The minimum Gasteiger partial charge on any atom is -0.507 e. The molecule has 10 heteroatoms. The first-order valence-electron chi connectivity index (χ1n) is 14.0. The first-order valence-corrected chi connectivity index (χ1v) is 14.0. The second-order valence-electron chi connectivity index (χ2n) is 12.0. The third kappa shape index (κ3) is 3.86. The van der Waals surface area contributed by atoms with Gasteiger partial charge < -0.3 is 15.9 Å². The number of aromatic hydroxyl groups is 1. The smallest absolute Gasteiger partial charge is 0.235 e. The SMILES string of the molecule is CC(=O)c1ccc(-c2ccc(O)c3c2CC2CC4C(N(C)C)C(=O)C(C(N)=O)C(=O)C4(O)C(=O)C2C3=O)c2ccccc12. The maximum absolute atomic E-state index is 14.1. The van der Waals surface area contributed by atoms with Gasteiger partial charge in [-0.1, -0.05) is 42.5 Å². The van der Waals surface area contributed by atoms with Crippen LogP contribution in [0.2, 0.25) is 0 Å². The lowest BCUT2D eigenvalue weighted by molar-refractivity contribution is -0.181. The third-order valence-electron chi connectivity index (χ3n) is 9.54. The molecular weight excluding hydrogens is 552 g/mol. The number of ketones is 5. The van der Waals surface area contributed by atoms with E-state index in [1.807, 2.05) is 24.3 Å². The summed E-state index contributed by atoms with van der Waals surface area (Å²) in [5.41, 5.74) is 4.91. The van der Waals surface area contributed by atoms with Gasteiger partial charge in [0, 0.05) is 11.5 Å². The molecule has 6 unspecified atom stereocenters. The summed E-state index contributed by atoms with van der Waals surface area (Å²) >= 11 is 0. The van der Waals surface area contributed by atoms with Crippen LogP contribution in [-0.2, 0) is 25.6 Å². The van der Waals surface area contributed by atoms with E-state index >= 15 is 0 Å². The summed E-state index contributed by atoms with van der Waals surface area (Å²) in [4.78, 5) is 80.8. The van der Waals surface area contributed by atoms with Gasteiger partial charge in [0.15, 0.2) is 40.4 Å². The van der Waals surface area contributed by atoms with Gasteiger partial charge in [0.1, 0.15) is 5.75 Å². The number of hydrogen-bond acceptors (Lipinski definition) is 9. The minimum atomic E-state index is -2.77. The monoisotopic (exact) mass is 582 g/mol. The quantitative estimate of drug-likeness (QED) is 0.307. The number of primary amides is 1. The highest BCUT2D eigenvalue weighted by molar-refractivity contribution is 6.32. The van der Waals surface area contributed by atoms with Crippen LogP contribution < -0.4 is 5.73 Å². The van der Waals surface area contributed by atoms with Gasteiger partial charge in [0.2, 0.25) is 5.91 Å². The molecule has 0 heterocycles. The molecule has 43 heavy (non-hydrogen) atoms. The molecule has 1 amide bonds. The number of rotatable bonds is 4. The Morgan fingerprint density at radius 3 is 2.21 bits per heavy atom. The van der Waals surface area contributed by atoms with Gasteiger partial charge in [-0.15, -0.1) is 0 Å². The number of phenolic OH excluding ortho intramolecular Hbond substituents is 1. The maximum atomic E-state index is 14.1. The molecule has 10 nitrogen and oxygen atoms in total. The summed E-state index contributed by atoms with van der Waals surface area (Å²) in [6, 6.07) is 12.7. The number of aliphatic hydroxyl groups is 1. The summed E-state index contributed by atoms with van der Waals surface area (Å²) < 4.78 is 0. The van der Waals surface area contributed by atoms with Crippen molar-refractivity contribution in [2.45, 2.75) is 31.4 Å². The molecule has 4 N–H and O–H groups in total. The highest BCUT2D eigenvalue weighted by Crippen LogP contribution is 2.52. The van der Waals surface area contributed by atoms with Crippen LogP contribution in [0.25, 0.3) is 21.9 Å². The number of benzene rings is 3. The molecule has 0 bridgehead atoms. The molecule has 0 spiro atoms. The normalized spacial score (nSPS) is 28.4. The van der Waals surface area contributed by atoms with E-state index in [0.717, 1.165) is 16.3 Å². The predicted octanol–water partition coefficient (Wildman–Crippen LogP) is 1.89. The summed E-state index contributed by atoms with van der Waals surface area (Å²) in [5, 5.41) is 24.1. The van der Waals surface area contributed by atoms with Crippen LogP contribution >= 0.6 is 0 Å². The largest absolute Gasteiger partial charge is 0.507 e. The fourth-order valence-corrected chi connectivity index (χ4v) is 7.70. The van der Waals surface area contributed by atoms with Gasteiger partial charge >= 0.3 is 0 Å². The topological polar surface area (TPSA) is 172 Å². The van der Waals surface area contributed by atoms with Crippen molar-refractivity contribution in [1.82, 2.24) is 4.90 Å². The molecule has 2 saturated carbocycles. The van der Waals surface area contributed by atoms with E-state index in [1.165, 1.54) is 17.9 Å². The number of amides is 1. The van der Waals surface area contributed by atoms with Crippen LogP contribution in [0.4, 0.5) is 0 Å². The van der Waals surface area contributed by atoms with Crippen LogP contribution in [0.5, 0.6) is 5.75 Å². The molecule has 3 aromatic rings. The third-order valence-corrected chi connectivity index (χ3v) is 9.54. The molecule has 0 aromatic heterocycles.